The average Bonchev–Trinajstić information content (AvgIpc) is 2.70. The molecule has 3 aromatic rings. The van der Waals surface area contributed by atoms with Crippen LogP contribution in [-0.2, 0) is 0 Å². The Balaban J connectivity index is 1.71. The molecule has 0 aliphatic heterocycles. The van der Waals surface area contributed by atoms with Crippen molar-refractivity contribution >= 4 is 23.3 Å². The fourth-order valence-electron chi connectivity index (χ4n) is 2.46. The molecule has 0 bridgehead atoms. The van der Waals surface area contributed by atoms with Gasteiger partial charge in [-0.05, 0) is 54.6 Å². The molecule has 29 heavy (non-hydrogen) atoms. The maximum absolute atomic E-state index is 12.4. The molecule has 9 heteroatoms. The first kappa shape index (κ1) is 19.4. The number of carboxylic acids is 1. The molecule has 0 saturated carbocycles. The first-order valence-electron chi connectivity index (χ1n) is 8.23. The van der Waals surface area contributed by atoms with Crippen LogP contribution < -0.4 is 10.1 Å². The molecular formula is C20H14N2O7. The summed E-state index contributed by atoms with van der Waals surface area (Å²) in [5.74, 6) is -1.26. The Bertz CT molecular complexity index is 1080. The number of anilines is 1. The zero-order valence-corrected chi connectivity index (χ0v) is 14.7. The molecule has 3 rings (SSSR count). The molecule has 9 nitrogen and oxygen atoms in total. The minimum absolute atomic E-state index is 0.0477. The van der Waals surface area contributed by atoms with Gasteiger partial charge in [-0.25, -0.2) is 4.79 Å². The second kappa shape index (κ2) is 8.09. The molecule has 0 saturated heterocycles. The number of amides is 1. The largest absolute Gasteiger partial charge is 0.508 e. The summed E-state index contributed by atoms with van der Waals surface area (Å²) in [7, 11) is 0. The van der Waals surface area contributed by atoms with Crippen molar-refractivity contribution in [3.05, 3.63) is 88.0 Å². The molecule has 0 aromatic heterocycles. The topological polar surface area (TPSA) is 139 Å². The molecule has 0 aliphatic rings. The number of hydrogen-bond acceptors (Lipinski definition) is 6. The normalized spacial score (nSPS) is 10.2. The van der Waals surface area contributed by atoms with E-state index in [4.69, 9.17) is 4.74 Å². The number of aromatic hydroxyl groups is 1. The average molecular weight is 394 g/mol. The van der Waals surface area contributed by atoms with E-state index in [0.717, 1.165) is 6.07 Å². The number of nitrogens with one attached hydrogen (secondary N) is 1. The number of aromatic carboxylic acids is 1. The number of nitro benzene ring substituents is 1. The number of phenols is 1. The van der Waals surface area contributed by atoms with Gasteiger partial charge >= 0.3 is 5.97 Å². The van der Waals surface area contributed by atoms with Crippen LogP contribution in [-0.4, -0.2) is 27.0 Å². The van der Waals surface area contributed by atoms with Gasteiger partial charge in [0, 0.05) is 17.7 Å². The lowest BCUT2D eigenvalue weighted by Crippen LogP contribution is -2.14. The Morgan fingerprint density at radius 2 is 1.52 bits per heavy atom. The molecule has 3 aromatic carbocycles. The summed E-state index contributed by atoms with van der Waals surface area (Å²) in [5.41, 5.74) is 0.00720. The highest BCUT2D eigenvalue weighted by Gasteiger charge is 2.15. The summed E-state index contributed by atoms with van der Waals surface area (Å²) in [6.45, 7) is 0. The van der Waals surface area contributed by atoms with Gasteiger partial charge in [-0.2, -0.15) is 0 Å². The summed E-state index contributed by atoms with van der Waals surface area (Å²) < 4.78 is 5.57. The third-order valence-corrected chi connectivity index (χ3v) is 3.88. The van der Waals surface area contributed by atoms with Crippen LogP contribution in [0.25, 0.3) is 0 Å². The van der Waals surface area contributed by atoms with E-state index in [0.29, 0.717) is 11.5 Å². The highest BCUT2D eigenvalue weighted by molar-refractivity contribution is 6.07. The number of nitrogens with zero attached hydrogens (tertiary/aromatic N) is 1. The van der Waals surface area contributed by atoms with E-state index in [9.17, 15) is 29.9 Å². The maximum Gasteiger partial charge on any atom is 0.337 e. The van der Waals surface area contributed by atoms with Crippen molar-refractivity contribution in [2.24, 2.45) is 0 Å². The van der Waals surface area contributed by atoms with E-state index in [1.165, 1.54) is 60.7 Å². The fraction of sp³-hybridized carbons (Fsp3) is 0. The smallest absolute Gasteiger partial charge is 0.337 e. The molecule has 0 radical (unpaired) electrons. The predicted octanol–water partition coefficient (Wildman–Crippen LogP) is 4.04. The number of non-ortho nitro benzene ring substituents is 1. The molecule has 0 heterocycles. The van der Waals surface area contributed by atoms with E-state index in [2.05, 4.69) is 5.32 Å². The van der Waals surface area contributed by atoms with E-state index in [1.54, 1.807) is 0 Å². The number of hydrogen-bond donors (Lipinski definition) is 3. The summed E-state index contributed by atoms with van der Waals surface area (Å²) in [5, 5.41) is 31.7. The second-order valence-electron chi connectivity index (χ2n) is 5.87. The number of rotatable bonds is 6. The van der Waals surface area contributed by atoms with Gasteiger partial charge in [0.15, 0.2) is 0 Å². The number of carbonyl (C=O) groups is 2. The molecule has 0 aliphatic carbocycles. The minimum atomic E-state index is -1.29. The fourth-order valence-corrected chi connectivity index (χ4v) is 2.46. The van der Waals surface area contributed by atoms with Crippen molar-refractivity contribution in [1.82, 2.24) is 0 Å². The highest BCUT2D eigenvalue weighted by Crippen LogP contribution is 2.25. The van der Waals surface area contributed by atoms with Gasteiger partial charge in [-0.15, -0.1) is 0 Å². The lowest BCUT2D eigenvalue weighted by Gasteiger charge is -2.10. The number of benzene rings is 3. The first-order valence-corrected chi connectivity index (χ1v) is 8.23. The molecule has 1 amide bonds. The lowest BCUT2D eigenvalue weighted by molar-refractivity contribution is -0.384. The molecule has 0 spiro atoms. The SMILES string of the molecule is O=C(Nc1ccc(O)cc1C(=O)O)c1ccc(Oc2ccc([N+](=O)[O-])cc2)cc1. The van der Waals surface area contributed by atoms with Crippen LogP contribution >= 0.6 is 0 Å². The van der Waals surface area contributed by atoms with Crippen LogP contribution in [0, 0.1) is 10.1 Å². The van der Waals surface area contributed by atoms with Crippen LogP contribution in [0.3, 0.4) is 0 Å². The van der Waals surface area contributed by atoms with Gasteiger partial charge < -0.3 is 20.3 Å². The third kappa shape index (κ3) is 4.66. The van der Waals surface area contributed by atoms with Crippen LogP contribution in [0.2, 0.25) is 0 Å². The Labute approximate surface area is 164 Å². The summed E-state index contributed by atoms with van der Waals surface area (Å²) in [6.07, 6.45) is 0. The summed E-state index contributed by atoms with van der Waals surface area (Å²) >= 11 is 0. The van der Waals surface area contributed by atoms with E-state index in [-0.39, 0.29) is 28.3 Å². The number of ether oxygens (including phenoxy) is 1. The van der Waals surface area contributed by atoms with Crippen LogP contribution in [0.15, 0.2) is 66.7 Å². The van der Waals surface area contributed by atoms with Crippen molar-refractivity contribution in [2.45, 2.75) is 0 Å². The van der Waals surface area contributed by atoms with Gasteiger partial charge in [0.05, 0.1) is 16.2 Å². The predicted molar refractivity (Wildman–Crippen MR) is 103 cm³/mol. The minimum Gasteiger partial charge on any atom is -0.508 e. The second-order valence-corrected chi connectivity index (χ2v) is 5.87. The molecular weight excluding hydrogens is 380 g/mol. The summed E-state index contributed by atoms with van der Waals surface area (Å²) in [4.78, 5) is 33.8. The third-order valence-electron chi connectivity index (χ3n) is 3.88. The Morgan fingerprint density at radius 1 is 0.931 bits per heavy atom. The highest BCUT2D eigenvalue weighted by atomic mass is 16.6. The van der Waals surface area contributed by atoms with Gasteiger partial charge in [0.1, 0.15) is 17.2 Å². The van der Waals surface area contributed by atoms with E-state index >= 15 is 0 Å². The van der Waals surface area contributed by atoms with E-state index in [1.807, 2.05) is 0 Å². The quantitative estimate of drug-likeness (QED) is 0.326. The van der Waals surface area contributed by atoms with Gasteiger partial charge in [0.25, 0.3) is 11.6 Å². The standard InChI is InChI=1S/C20H14N2O7/c23-14-5-10-18(17(11-14)20(25)26)21-19(24)12-1-6-15(7-2-12)29-16-8-3-13(4-9-16)22(27)28/h1-11,23H,(H,21,24)(H,25,26). The van der Waals surface area contributed by atoms with Crippen molar-refractivity contribution < 1.29 is 29.5 Å². The molecule has 0 fully saturated rings. The zero-order chi connectivity index (χ0) is 21.0. The van der Waals surface area contributed by atoms with Crippen LogP contribution in [0.4, 0.5) is 11.4 Å². The Kier molecular flexibility index (Phi) is 5.40. The molecule has 146 valence electrons. The molecule has 0 unspecified atom stereocenters. The first-order chi connectivity index (χ1) is 13.8. The molecule has 3 N–H and O–H groups in total. The van der Waals surface area contributed by atoms with Crippen molar-refractivity contribution in [3.63, 3.8) is 0 Å². The van der Waals surface area contributed by atoms with Gasteiger partial charge in [-0.1, -0.05) is 0 Å². The van der Waals surface area contributed by atoms with Crippen LogP contribution in [0.1, 0.15) is 20.7 Å². The van der Waals surface area contributed by atoms with E-state index < -0.39 is 16.8 Å². The number of carboxylic acid groups (broad SMARTS) is 1. The van der Waals surface area contributed by atoms with Crippen molar-refractivity contribution in [1.29, 1.82) is 0 Å². The monoisotopic (exact) mass is 394 g/mol. The number of carbonyl (C=O) groups excluding carboxylic acids is 1. The summed E-state index contributed by atoms with van der Waals surface area (Å²) in [6, 6.07) is 15.2. The van der Waals surface area contributed by atoms with Gasteiger partial charge in [-0.3, -0.25) is 14.9 Å². The van der Waals surface area contributed by atoms with Gasteiger partial charge in [0.2, 0.25) is 0 Å². The number of nitro groups is 1. The van der Waals surface area contributed by atoms with Crippen LogP contribution in [0.5, 0.6) is 17.2 Å². The Hall–Kier alpha value is -4.40. The maximum atomic E-state index is 12.4. The lowest BCUT2D eigenvalue weighted by atomic mass is 10.1. The zero-order valence-electron chi connectivity index (χ0n) is 14.7. The number of phenolic OH excluding ortho intramolecular Hbond substituents is 1. The molecule has 0 atom stereocenters. The Morgan fingerprint density at radius 3 is 2.07 bits per heavy atom. The van der Waals surface area contributed by atoms with Crippen molar-refractivity contribution in [3.8, 4) is 17.2 Å². The van der Waals surface area contributed by atoms with Crippen molar-refractivity contribution in [2.75, 3.05) is 5.32 Å².